The van der Waals surface area contributed by atoms with Crippen molar-refractivity contribution >= 4 is 16.8 Å². The van der Waals surface area contributed by atoms with Gasteiger partial charge in [0.25, 0.3) is 5.91 Å². The van der Waals surface area contributed by atoms with E-state index in [1.807, 2.05) is 25.1 Å². The number of carbonyl (C=O) groups is 1. The molecule has 0 fully saturated rings. The molecule has 0 aliphatic rings. The van der Waals surface area contributed by atoms with Gasteiger partial charge in [0.05, 0.1) is 13.7 Å². The highest BCUT2D eigenvalue weighted by atomic mass is 16.5. The zero-order chi connectivity index (χ0) is 15.2. The van der Waals surface area contributed by atoms with Crippen LogP contribution < -0.4 is 10.1 Å². The number of fused-ring (bicyclic) bond motifs is 1. The van der Waals surface area contributed by atoms with Crippen LogP contribution in [0.25, 0.3) is 10.9 Å². The average Bonchev–Trinajstić information content (AvgIpc) is 2.91. The SMILES string of the molecule is C#CCOCC(C)NC(=O)c1cc2c(OC)cccc2[nH]1. The van der Waals surface area contributed by atoms with Crippen molar-refractivity contribution in [3.63, 3.8) is 0 Å². The van der Waals surface area contributed by atoms with E-state index in [1.165, 1.54) is 0 Å². The third-order valence-electron chi connectivity index (χ3n) is 3.02. The maximum absolute atomic E-state index is 12.2. The zero-order valence-corrected chi connectivity index (χ0v) is 12.1. The largest absolute Gasteiger partial charge is 0.496 e. The van der Waals surface area contributed by atoms with Gasteiger partial charge in [-0.3, -0.25) is 4.79 Å². The number of hydrogen-bond donors (Lipinski definition) is 2. The lowest BCUT2D eigenvalue weighted by atomic mass is 10.2. The zero-order valence-electron chi connectivity index (χ0n) is 12.1. The van der Waals surface area contributed by atoms with E-state index in [4.69, 9.17) is 15.9 Å². The average molecular weight is 286 g/mol. The van der Waals surface area contributed by atoms with Crippen LogP contribution in [0.2, 0.25) is 0 Å². The number of H-pyrrole nitrogens is 1. The monoisotopic (exact) mass is 286 g/mol. The normalized spacial score (nSPS) is 11.9. The number of carbonyl (C=O) groups excluding carboxylic acids is 1. The molecule has 0 aliphatic carbocycles. The van der Waals surface area contributed by atoms with Gasteiger partial charge in [-0.1, -0.05) is 12.0 Å². The van der Waals surface area contributed by atoms with Crippen LogP contribution in [-0.4, -0.2) is 37.3 Å². The van der Waals surface area contributed by atoms with Crippen molar-refractivity contribution < 1.29 is 14.3 Å². The molecule has 1 aromatic heterocycles. The van der Waals surface area contributed by atoms with Gasteiger partial charge in [-0.2, -0.15) is 0 Å². The summed E-state index contributed by atoms with van der Waals surface area (Å²) in [6, 6.07) is 7.27. The van der Waals surface area contributed by atoms with Crippen molar-refractivity contribution in [2.24, 2.45) is 0 Å². The first kappa shape index (κ1) is 14.9. The molecule has 0 radical (unpaired) electrons. The maximum Gasteiger partial charge on any atom is 0.268 e. The lowest BCUT2D eigenvalue weighted by Gasteiger charge is -2.12. The first-order chi connectivity index (χ1) is 10.2. The van der Waals surface area contributed by atoms with Crippen molar-refractivity contribution in [3.05, 3.63) is 30.0 Å². The van der Waals surface area contributed by atoms with Gasteiger partial charge in [0.15, 0.2) is 0 Å². The highest BCUT2D eigenvalue weighted by Gasteiger charge is 2.14. The van der Waals surface area contributed by atoms with Crippen LogP contribution in [0.4, 0.5) is 0 Å². The summed E-state index contributed by atoms with van der Waals surface area (Å²) in [6.45, 7) is 2.47. The summed E-state index contributed by atoms with van der Waals surface area (Å²) < 4.78 is 10.5. The molecule has 2 rings (SSSR count). The Morgan fingerprint density at radius 3 is 3.05 bits per heavy atom. The molecule has 0 saturated carbocycles. The molecule has 1 atom stereocenters. The first-order valence-electron chi connectivity index (χ1n) is 6.63. The molecule has 2 N–H and O–H groups in total. The molecular formula is C16H18N2O3. The molecule has 1 amide bonds. The fourth-order valence-corrected chi connectivity index (χ4v) is 2.07. The topological polar surface area (TPSA) is 63.4 Å². The fourth-order valence-electron chi connectivity index (χ4n) is 2.07. The number of ether oxygens (including phenoxy) is 2. The second kappa shape index (κ2) is 6.82. The highest BCUT2D eigenvalue weighted by molar-refractivity contribution is 5.99. The van der Waals surface area contributed by atoms with E-state index in [9.17, 15) is 4.79 Å². The summed E-state index contributed by atoms with van der Waals surface area (Å²) in [5.41, 5.74) is 1.34. The summed E-state index contributed by atoms with van der Waals surface area (Å²) >= 11 is 0. The van der Waals surface area contributed by atoms with Gasteiger partial charge in [0.1, 0.15) is 18.1 Å². The Hall–Kier alpha value is -2.45. The summed E-state index contributed by atoms with van der Waals surface area (Å²) in [4.78, 5) is 15.3. The molecule has 5 heteroatoms. The Morgan fingerprint density at radius 1 is 1.52 bits per heavy atom. The van der Waals surface area contributed by atoms with E-state index in [2.05, 4.69) is 16.2 Å². The molecule has 5 nitrogen and oxygen atoms in total. The quantitative estimate of drug-likeness (QED) is 0.630. The van der Waals surface area contributed by atoms with Gasteiger partial charge in [0, 0.05) is 16.9 Å². The molecule has 1 heterocycles. The van der Waals surface area contributed by atoms with Crippen LogP contribution in [0.1, 0.15) is 17.4 Å². The van der Waals surface area contributed by atoms with Crippen LogP contribution in [0.5, 0.6) is 5.75 Å². The number of methoxy groups -OCH3 is 1. The summed E-state index contributed by atoms with van der Waals surface area (Å²) in [5.74, 6) is 2.92. The minimum atomic E-state index is -0.190. The Balaban J connectivity index is 2.08. The van der Waals surface area contributed by atoms with E-state index < -0.39 is 0 Å². The van der Waals surface area contributed by atoms with Crippen molar-refractivity contribution in [1.29, 1.82) is 0 Å². The number of aromatic nitrogens is 1. The first-order valence-corrected chi connectivity index (χ1v) is 6.63. The number of amides is 1. The lowest BCUT2D eigenvalue weighted by Crippen LogP contribution is -2.36. The molecule has 2 aromatic rings. The Morgan fingerprint density at radius 2 is 2.33 bits per heavy atom. The minimum Gasteiger partial charge on any atom is -0.496 e. The molecule has 110 valence electrons. The number of hydrogen-bond acceptors (Lipinski definition) is 3. The number of rotatable bonds is 6. The molecule has 1 aromatic carbocycles. The van der Waals surface area contributed by atoms with Gasteiger partial charge >= 0.3 is 0 Å². The smallest absolute Gasteiger partial charge is 0.268 e. The number of terminal acetylenes is 1. The van der Waals surface area contributed by atoms with Crippen LogP contribution in [0.3, 0.4) is 0 Å². The van der Waals surface area contributed by atoms with E-state index in [-0.39, 0.29) is 18.6 Å². The van der Waals surface area contributed by atoms with Gasteiger partial charge < -0.3 is 19.8 Å². The summed E-state index contributed by atoms with van der Waals surface area (Å²) in [6.07, 6.45) is 5.10. The van der Waals surface area contributed by atoms with Crippen molar-refractivity contribution in [2.75, 3.05) is 20.3 Å². The van der Waals surface area contributed by atoms with Crippen molar-refractivity contribution in [3.8, 4) is 18.1 Å². The molecule has 1 unspecified atom stereocenters. The Kier molecular flexibility index (Phi) is 4.85. The van der Waals surface area contributed by atoms with Gasteiger partial charge in [0.2, 0.25) is 0 Å². The van der Waals surface area contributed by atoms with E-state index >= 15 is 0 Å². The molecule has 0 spiro atoms. The number of aromatic amines is 1. The predicted octanol–water partition coefficient (Wildman–Crippen LogP) is 1.94. The fraction of sp³-hybridized carbons (Fsp3) is 0.312. The van der Waals surface area contributed by atoms with Gasteiger partial charge in [-0.25, -0.2) is 0 Å². The Labute approximate surface area is 123 Å². The summed E-state index contributed by atoms with van der Waals surface area (Å²) in [7, 11) is 1.60. The highest BCUT2D eigenvalue weighted by Crippen LogP contribution is 2.25. The maximum atomic E-state index is 12.2. The lowest BCUT2D eigenvalue weighted by molar-refractivity contribution is 0.0885. The van der Waals surface area contributed by atoms with E-state index in [0.717, 1.165) is 16.7 Å². The third kappa shape index (κ3) is 3.56. The molecule has 0 bridgehead atoms. The molecule has 0 saturated heterocycles. The molecule has 21 heavy (non-hydrogen) atoms. The number of nitrogens with one attached hydrogen (secondary N) is 2. The van der Waals surface area contributed by atoms with Crippen LogP contribution in [-0.2, 0) is 4.74 Å². The van der Waals surface area contributed by atoms with Gasteiger partial charge in [-0.05, 0) is 25.1 Å². The van der Waals surface area contributed by atoms with Crippen LogP contribution >= 0.6 is 0 Å². The Bertz CT molecular complexity index is 670. The predicted molar refractivity (Wildman–Crippen MR) is 81.4 cm³/mol. The molecule has 0 aliphatic heterocycles. The minimum absolute atomic E-state index is 0.126. The van der Waals surface area contributed by atoms with E-state index in [0.29, 0.717) is 12.3 Å². The van der Waals surface area contributed by atoms with Gasteiger partial charge in [-0.15, -0.1) is 6.42 Å². The van der Waals surface area contributed by atoms with Crippen LogP contribution in [0, 0.1) is 12.3 Å². The van der Waals surface area contributed by atoms with E-state index in [1.54, 1.807) is 13.2 Å². The third-order valence-corrected chi connectivity index (χ3v) is 3.02. The summed E-state index contributed by atoms with van der Waals surface area (Å²) in [5, 5.41) is 3.73. The van der Waals surface area contributed by atoms with Crippen molar-refractivity contribution in [1.82, 2.24) is 10.3 Å². The standard InChI is InChI=1S/C16H18N2O3/c1-4-8-21-10-11(2)17-16(19)14-9-12-13(18-14)6-5-7-15(12)20-3/h1,5-7,9,11,18H,8,10H2,2-3H3,(H,17,19). The van der Waals surface area contributed by atoms with Crippen LogP contribution in [0.15, 0.2) is 24.3 Å². The van der Waals surface area contributed by atoms with Crippen molar-refractivity contribution in [2.45, 2.75) is 13.0 Å². The second-order valence-electron chi connectivity index (χ2n) is 4.70. The molecular weight excluding hydrogens is 268 g/mol. The number of benzene rings is 1. The second-order valence-corrected chi connectivity index (χ2v) is 4.70.